The van der Waals surface area contributed by atoms with Crippen molar-refractivity contribution in [1.82, 2.24) is 9.88 Å². The van der Waals surface area contributed by atoms with Crippen LogP contribution in [0.3, 0.4) is 0 Å². The molecule has 0 saturated carbocycles. The monoisotopic (exact) mass is 474 g/mol. The van der Waals surface area contributed by atoms with Gasteiger partial charge >= 0.3 is 0 Å². The van der Waals surface area contributed by atoms with E-state index in [2.05, 4.69) is 34.7 Å². The molecule has 0 bridgehead atoms. The molecule has 1 N–H and O–H groups in total. The van der Waals surface area contributed by atoms with Crippen molar-refractivity contribution in [3.63, 3.8) is 0 Å². The summed E-state index contributed by atoms with van der Waals surface area (Å²) < 4.78 is 14.6. The van der Waals surface area contributed by atoms with E-state index >= 15 is 0 Å². The Hall–Kier alpha value is -2.97. The molecule has 2 heterocycles. The van der Waals surface area contributed by atoms with Gasteiger partial charge < -0.3 is 5.11 Å². The van der Waals surface area contributed by atoms with Crippen LogP contribution in [0.2, 0.25) is 5.02 Å². The van der Waals surface area contributed by atoms with Gasteiger partial charge in [-0.25, -0.2) is 9.37 Å². The second-order valence-electron chi connectivity index (χ2n) is 9.07. The average Bonchev–Trinajstić information content (AvgIpc) is 2.83. The van der Waals surface area contributed by atoms with E-state index in [9.17, 15) is 9.50 Å². The van der Waals surface area contributed by atoms with Crippen LogP contribution in [0.4, 0.5) is 4.39 Å². The minimum absolute atomic E-state index is 0.123. The van der Waals surface area contributed by atoms with Crippen molar-refractivity contribution in [1.29, 1.82) is 0 Å². The van der Waals surface area contributed by atoms with E-state index in [-0.39, 0.29) is 5.69 Å². The quantitative estimate of drug-likeness (QED) is 0.458. The third kappa shape index (κ3) is 6.33. The van der Waals surface area contributed by atoms with Crippen LogP contribution in [-0.2, 0) is 0 Å². The van der Waals surface area contributed by atoms with Crippen molar-refractivity contribution >= 4 is 17.2 Å². The lowest BCUT2D eigenvalue weighted by Crippen LogP contribution is -2.42. The second kappa shape index (κ2) is 10.5. The third-order valence-electron chi connectivity index (χ3n) is 6.27. The minimum atomic E-state index is -0.525. The molecule has 5 heteroatoms. The number of pyridine rings is 1. The summed E-state index contributed by atoms with van der Waals surface area (Å²) in [6.45, 7) is 6.71. The predicted molar refractivity (Wildman–Crippen MR) is 137 cm³/mol. The highest BCUT2D eigenvalue weighted by Gasteiger charge is 2.26. The van der Waals surface area contributed by atoms with Crippen LogP contribution in [0.1, 0.15) is 43.5 Å². The molecule has 4 rings (SSSR count). The molecule has 0 spiro atoms. The number of aliphatic hydroxyl groups is 1. The van der Waals surface area contributed by atoms with Crippen molar-refractivity contribution in [2.24, 2.45) is 0 Å². The highest BCUT2D eigenvalue weighted by Crippen LogP contribution is 2.23. The molecule has 174 valence electrons. The number of allylic oxidation sites excluding steroid dienone is 1. The van der Waals surface area contributed by atoms with Gasteiger partial charge in [-0.1, -0.05) is 47.9 Å². The van der Waals surface area contributed by atoms with Gasteiger partial charge in [-0.2, -0.15) is 0 Å². The smallest absolute Gasteiger partial charge is 0.158 e. The fourth-order valence-electron chi connectivity index (χ4n) is 3.88. The predicted octanol–water partition coefficient (Wildman–Crippen LogP) is 6.19. The lowest BCUT2D eigenvalue weighted by molar-refractivity contribution is -0.00242. The first-order chi connectivity index (χ1) is 16.3. The lowest BCUT2D eigenvalue weighted by Gasteiger charge is -2.35. The van der Waals surface area contributed by atoms with Crippen LogP contribution in [0.5, 0.6) is 0 Å². The number of hydrogen-bond donors (Lipinski definition) is 1. The fraction of sp³-hybridized carbons (Fsp3) is 0.276. The van der Waals surface area contributed by atoms with E-state index in [1.54, 1.807) is 18.3 Å². The van der Waals surface area contributed by atoms with E-state index < -0.39 is 11.4 Å². The Balaban J connectivity index is 1.39. The largest absolute Gasteiger partial charge is 0.390 e. The van der Waals surface area contributed by atoms with Gasteiger partial charge in [-0.3, -0.25) is 4.90 Å². The van der Waals surface area contributed by atoms with E-state index in [1.165, 1.54) is 11.6 Å². The summed E-state index contributed by atoms with van der Waals surface area (Å²) in [6, 6.07) is 16.6. The van der Waals surface area contributed by atoms with Crippen LogP contribution in [0.15, 0.2) is 66.9 Å². The number of hydrogen-bond acceptors (Lipinski definition) is 3. The summed E-state index contributed by atoms with van der Waals surface area (Å²) in [5.41, 5.74) is 4.26. The SMILES string of the molecule is C/C(=C\CN1CCC(C)(O)CC1)c1ccc(C#Cc2ncc(-c3ccc(Cl)cc3)cc2F)cc1. The maximum absolute atomic E-state index is 14.6. The van der Waals surface area contributed by atoms with Crippen molar-refractivity contribution in [2.45, 2.75) is 32.3 Å². The molecule has 0 atom stereocenters. The Labute approximate surface area is 205 Å². The first kappa shape index (κ1) is 24.2. The van der Waals surface area contributed by atoms with Gasteiger partial charge in [-0.05, 0) is 79.6 Å². The number of halogens is 2. The minimum Gasteiger partial charge on any atom is -0.390 e. The summed E-state index contributed by atoms with van der Waals surface area (Å²) in [6.07, 6.45) is 5.47. The first-order valence-corrected chi connectivity index (χ1v) is 11.8. The molecule has 3 aromatic rings. The highest BCUT2D eigenvalue weighted by atomic mass is 35.5. The number of nitrogens with zero attached hydrogens (tertiary/aromatic N) is 2. The Morgan fingerprint density at radius 3 is 2.41 bits per heavy atom. The molecule has 1 aromatic heterocycles. The molecule has 34 heavy (non-hydrogen) atoms. The van der Waals surface area contributed by atoms with E-state index in [4.69, 9.17) is 11.6 Å². The zero-order valence-corrected chi connectivity index (χ0v) is 20.2. The highest BCUT2D eigenvalue weighted by molar-refractivity contribution is 6.30. The molecule has 0 radical (unpaired) electrons. The molecule has 1 aliphatic heterocycles. The second-order valence-corrected chi connectivity index (χ2v) is 9.51. The van der Waals surface area contributed by atoms with Gasteiger partial charge in [-0.15, -0.1) is 0 Å². The van der Waals surface area contributed by atoms with Crippen LogP contribution in [0.25, 0.3) is 16.7 Å². The third-order valence-corrected chi connectivity index (χ3v) is 6.53. The van der Waals surface area contributed by atoms with Crippen molar-refractivity contribution in [2.75, 3.05) is 19.6 Å². The van der Waals surface area contributed by atoms with Gasteiger partial charge in [0.1, 0.15) is 5.69 Å². The molecule has 1 fully saturated rings. The molecule has 0 amide bonds. The van der Waals surface area contributed by atoms with Crippen molar-refractivity contribution in [3.05, 3.63) is 94.5 Å². The number of rotatable bonds is 4. The molecule has 2 aromatic carbocycles. The normalized spacial score (nSPS) is 16.1. The number of benzene rings is 2. The zero-order valence-electron chi connectivity index (χ0n) is 19.5. The topological polar surface area (TPSA) is 36.4 Å². The van der Waals surface area contributed by atoms with Gasteiger partial charge in [0.05, 0.1) is 5.60 Å². The molecule has 0 unspecified atom stereocenters. The maximum atomic E-state index is 14.6. The van der Waals surface area contributed by atoms with Crippen molar-refractivity contribution in [3.8, 4) is 23.0 Å². The van der Waals surface area contributed by atoms with Crippen LogP contribution < -0.4 is 0 Å². The van der Waals surface area contributed by atoms with E-state index in [0.717, 1.165) is 49.2 Å². The summed E-state index contributed by atoms with van der Waals surface area (Å²) >= 11 is 5.92. The van der Waals surface area contributed by atoms with E-state index in [0.29, 0.717) is 10.6 Å². The molecule has 3 nitrogen and oxygen atoms in total. The van der Waals surface area contributed by atoms with Gasteiger partial charge in [0.25, 0.3) is 0 Å². The van der Waals surface area contributed by atoms with Crippen LogP contribution >= 0.6 is 11.6 Å². The van der Waals surface area contributed by atoms with Gasteiger partial charge in [0.2, 0.25) is 0 Å². The summed E-state index contributed by atoms with van der Waals surface area (Å²) in [4.78, 5) is 6.57. The first-order valence-electron chi connectivity index (χ1n) is 11.4. The van der Waals surface area contributed by atoms with Gasteiger partial charge in [0, 0.05) is 42.0 Å². The fourth-order valence-corrected chi connectivity index (χ4v) is 4.01. The summed E-state index contributed by atoms with van der Waals surface area (Å²) in [5.74, 6) is 5.40. The number of likely N-dealkylation sites (tertiary alicyclic amines) is 1. The number of piperidine rings is 1. The standard InChI is InChI=1S/C29H28ClFN2O/c1-21(13-16-33-17-14-29(2,34)15-18-33)23-6-3-22(4-7-23)5-12-28-27(31)19-25(20-32-28)24-8-10-26(30)11-9-24/h3-4,6-11,13,19-20,34H,14-18H2,1-2H3/b21-13+. The maximum Gasteiger partial charge on any atom is 0.158 e. The van der Waals surface area contributed by atoms with Crippen LogP contribution in [-0.4, -0.2) is 40.2 Å². The Morgan fingerprint density at radius 2 is 1.76 bits per heavy atom. The zero-order chi connectivity index (χ0) is 24.1. The molecular weight excluding hydrogens is 447 g/mol. The molecule has 1 saturated heterocycles. The molecule has 1 aliphatic rings. The summed E-state index contributed by atoms with van der Waals surface area (Å²) in [5, 5.41) is 10.7. The Morgan fingerprint density at radius 1 is 1.09 bits per heavy atom. The average molecular weight is 475 g/mol. The molecular formula is C29H28ClFN2O. The van der Waals surface area contributed by atoms with E-state index in [1.807, 2.05) is 43.3 Å². The molecule has 0 aliphatic carbocycles. The Kier molecular flexibility index (Phi) is 7.48. The lowest BCUT2D eigenvalue weighted by atomic mass is 9.94. The van der Waals surface area contributed by atoms with Crippen LogP contribution in [0, 0.1) is 17.7 Å². The van der Waals surface area contributed by atoms with Crippen molar-refractivity contribution < 1.29 is 9.50 Å². The van der Waals surface area contributed by atoms with Gasteiger partial charge in [0.15, 0.2) is 5.82 Å². The summed E-state index contributed by atoms with van der Waals surface area (Å²) in [7, 11) is 0. The Bertz CT molecular complexity index is 1230. The number of aromatic nitrogens is 1.